The van der Waals surface area contributed by atoms with Gasteiger partial charge in [-0.3, -0.25) is 4.79 Å². The summed E-state index contributed by atoms with van der Waals surface area (Å²) in [6, 6.07) is 11.8. The molecule has 1 N–H and O–H groups in total. The Bertz CT molecular complexity index is 666. The first-order valence-corrected chi connectivity index (χ1v) is 8.22. The number of nitrogens with zero attached hydrogens (tertiary/aromatic N) is 1. The predicted molar refractivity (Wildman–Crippen MR) is 90.7 cm³/mol. The fourth-order valence-electron chi connectivity index (χ4n) is 3.09. The minimum absolute atomic E-state index is 0.259. The molecule has 1 aliphatic rings. The van der Waals surface area contributed by atoms with E-state index in [1.807, 2.05) is 6.92 Å². The first-order valence-electron chi connectivity index (χ1n) is 8.22. The molecule has 0 bridgehead atoms. The molecule has 0 spiro atoms. The van der Waals surface area contributed by atoms with Crippen molar-refractivity contribution >= 4 is 11.6 Å². The number of rotatable bonds is 4. The van der Waals surface area contributed by atoms with Crippen LogP contribution in [0.1, 0.15) is 66.6 Å². The van der Waals surface area contributed by atoms with Gasteiger partial charge in [0.25, 0.3) is 0 Å². The Morgan fingerprint density at radius 1 is 1.13 bits per heavy atom. The number of carbonyl (C=O) groups is 1. The molecule has 4 heteroatoms. The van der Waals surface area contributed by atoms with Crippen molar-refractivity contribution < 1.29 is 9.21 Å². The van der Waals surface area contributed by atoms with Crippen LogP contribution in [0.25, 0.3) is 0 Å². The van der Waals surface area contributed by atoms with Crippen LogP contribution < -0.4 is 5.43 Å². The summed E-state index contributed by atoms with van der Waals surface area (Å²) in [4.78, 5) is 11.8. The molecule has 3 rings (SSSR count). The molecule has 23 heavy (non-hydrogen) atoms. The van der Waals surface area contributed by atoms with E-state index in [0.29, 0.717) is 5.92 Å². The molecule has 1 amide bonds. The van der Waals surface area contributed by atoms with E-state index in [9.17, 15) is 4.79 Å². The first-order chi connectivity index (χ1) is 11.2. The van der Waals surface area contributed by atoms with Crippen LogP contribution in [0.2, 0.25) is 0 Å². The zero-order valence-electron chi connectivity index (χ0n) is 13.4. The van der Waals surface area contributed by atoms with Gasteiger partial charge < -0.3 is 4.42 Å². The lowest BCUT2D eigenvalue weighted by atomic mass is 9.84. The van der Waals surface area contributed by atoms with E-state index >= 15 is 0 Å². The van der Waals surface area contributed by atoms with Crippen molar-refractivity contribution in [2.45, 2.75) is 44.9 Å². The molecule has 1 aliphatic carbocycles. The van der Waals surface area contributed by atoms with Gasteiger partial charge in [0.15, 0.2) is 5.76 Å². The highest BCUT2D eigenvalue weighted by molar-refractivity contribution is 6.00. The highest BCUT2D eigenvalue weighted by atomic mass is 16.3. The molecule has 1 saturated carbocycles. The monoisotopic (exact) mass is 310 g/mol. The third-order valence-corrected chi connectivity index (χ3v) is 4.48. The van der Waals surface area contributed by atoms with E-state index in [1.54, 1.807) is 12.1 Å². The normalized spacial score (nSPS) is 16.3. The van der Waals surface area contributed by atoms with Crippen LogP contribution in [-0.4, -0.2) is 11.6 Å². The summed E-state index contributed by atoms with van der Waals surface area (Å²) in [6.07, 6.45) is 8.11. The van der Waals surface area contributed by atoms with Gasteiger partial charge in [-0.25, -0.2) is 5.43 Å². The number of carbonyl (C=O) groups excluding carboxylic acids is 1. The summed E-state index contributed by atoms with van der Waals surface area (Å²) in [5, 5.41) is 4.15. The van der Waals surface area contributed by atoms with E-state index < -0.39 is 0 Å². The maximum Gasteiger partial charge on any atom is 0.307 e. The molecule has 0 saturated heterocycles. The van der Waals surface area contributed by atoms with E-state index in [0.717, 1.165) is 11.3 Å². The summed E-state index contributed by atoms with van der Waals surface area (Å²) in [5.74, 6) is 0.621. The first kappa shape index (κ1) is 15.5. The smallest absolute Gasteiger partial charge is 0.307 e. The summed E-state index contributed by atoms with van der Waals surface area (Å²) in [6.45, 7) is 1.89. The molecule has 0 aliphatic heterocycles. The predicted octanol–water partition coefficient (Wildman–Crippen LogP) is 4.48. The standard InChI is InChI=1S/C19H22N2O2/c1-14(20-21-19(22)18-8-5-13-23-18)15-9-11-17(12-10-15)16-6-3-2-4-7-16/h5,8-13,16H,2-4,6-7H2,1H3,(H,21,22). The van der Waals surface area contributed by atoms with Crippen LogP contribution in [0, 0.1) is 0 Å². The van der Waals surface area contributed by atoms with Crippen molar-refractivity contribution in [1.29, 1.82) is 0 Å². The van der Waals surface area contributed by atoms with Gasteiger partial charge in [0.2, 0.25) is 0 Å². The molecule has 0 atom stereocenters. The molecule has 120 valence electrons. The van der Waals surface area contributed by atoms with Gasteiger partial charge in [-0.1, -0.05) is 43.5 Å². The number of hydrazone groups is 1. The second-order valence-corrected chi connectivity index (χ2v) is 6.07. The van der Waals surface area contributed by atoms with E-state index in [-0.39, 0.29) is 11.7 Å². The maximum atomic E-state index is 11.8. The number of benzene rings is 1. The van der Waals surface area contributed by atoms with Crippen LogP contribution in [0.5, 0.6) is 0 Å². The average molecular weight is 310 g/mol. The van der Waals surface area contributed by atoms with Crippen LogP contribution in [0.4, 0.5) is 0 Å². The second-order valence-electron chi connectivity index (χ2n) is 6.07. The SMILES string of the molecule is CC(=NNC(=O)c1ccco1)c1ccc(C2CCCCC2)cc1. The zero-order chi connectivity index (χ0) is 16.1. The topological polar surface area (TPSA) is 54.6 Å². The number of hydrogen-bond donors (Lipinski definition) is 1. The van der Waals surface area contributed by atoms with E-state index in [4.69, 9.17) is 4.42 Å². The highest BCUT2D eigenvalue weighted by Crippen LogP contribution is 2.32. The lowest BCUT2D eigenvalue weighted by Gasteiger charge is -2.22. The number of amides is 1. The molecule has 0 unspecified atom stereocenters. The van der Waals surface area contributed by atoms with Gasteiger partial charge >= 0.3 is 5.91 Å². The van der Waals surface area contributed by atoms with Crippen LogP contribution in [0.3, 0.4) is 0 Å². The molecule has 1 fully saturated rings. The maximum absolute atomic E-state index is 11.8. The van der Waals surface area contributed by atoms with Gasteiger partial charge in [0.05, 0.1) is 12.0 Å². The minimum atomic E-state index is -0.340. The summed E-state index contributed by atoms with van der Waals surface area (Å²) < 4.78 is 5.03. The van der Waals surface area contributed by atoms with Crippen LogP contribution in [0.15, 0.2) is 52.2 Å². The number of nitrogens with one attached hydrogen (secondary N) is 1. The zero-order valence-corrected chi connectivity index (χ0v) is 13.4. The summed E-state index contributed by atoms with van der Waals surface area (Å²) in [5.41, 5.74) is 5.73. The molecule has 2 aromatic rings. The third-order valence-electron chi connectivity index (χ3n) is 4.48. The molecule has 1 heterocycles. The Morgan fingerprint density at radius 3 is 2.52 bits per heavy atom. The van der Waals surface area contributed by atoms with Crippen molar-refractivity contribution in [3.8, 4) is 0 Å². The van der Waals surface area contributed by atoms with Gasteiger partial charge in [-0.15, -0.1) is 0 Å². The fourth-order valence-corrected chi connectivity index (χ4v) is 3.09. The van der Waals surface area contributed by atoms with Crippen molar-refractivity contribution in [1.82, 2.24) is 5.43 Å². The van der Waals surface area contributed by atoms with Crippen LogP contribution in [-0.2, 0) is 0 Å². The molecular formula is C19H22N2O2. The van der Waals surface area contributed by atoms with Gasteiger partial charge in [0, 0.05) is 0 Å². The Balaban J connectivity index is 1.63. The second kappa shape index (κ2) is 7.27. The van der Waals surface area contributed by atoms with Crippen molar-refractivity contribution in [3.05, 3.63) is 59.5 Å². The molecular weight excluding hydrogens is 288 g/mol. The Kier molecular flexibility index (Phi) is 4.91. The summed E-state index contributed by atoms with van der Waals surface area (Å²) in [7, 11) is 0. The Hall–Kier alpha value is -2.36. The molecule has 1 aromatic carbocycles. The van der Waals surface area contributed by atoms with E-state index in [1.165, 1.54) is 43.9 Å². The van der Waals surface area contributed by atoms with Crippen LogP contribution >= 0.6 is 0 Å². The highest BCUT2D eigenvalue weighted by Gasteiger charge is 2.15. The largest absolute Gasteiger partial charge is 0.459 e. The van der Waals surface area contributed by atoms with E-state index in [2.05, 4.69) is 34.8 Å². The molecule has 1 aromatic heterocycles. The van der Waals surface area contributed by atoms with Gasteiger partial charge in [-0.05, 0) is 48.9 Å². The quantitative estimate of drug-likeness (QED) is 0.668. The number of hydrogen-bond acceptors (Lipinski definition) is 3. The third kappa shape index (κ3) is 3.89. The Morgan fingerprint density at radius 2 is 1.87 bits per heavy atom. The fraction of sp³-hybridized carbons (Fsp3) is 0.368. The lowest BCUT2D eigenvalue weighted by Crippen LogP contribution is -2.18. The number of furan rings is 1. The van der Waals surface area contributed by atoms with Gasteiger partial charge in [0.1, 0.15) is 0 Å². The lowest BCUT2D eigenvalue weighted by molar-refractivity contribution is 0.0927. The molecule has 4 nitrogen and oxygen atoms in total. The van der Waals surface area contributed by atoms with Crippen molar-refractivity contribution in [2.75, 3.05) is 0 Å². The minimum Gasteiger partial charge on any atom is -0.459 e. The Labute approximate surface area is 136 Å². The van der Waals surface area contributed by atoms with Crippen molar-refractivity contribution in [2.24, 2.45) is 5.10 Å². The van der Waals surface area contributed by atoms with Crippen molar-refractivity contribution in [3.63, 3.8) is 0 Å². The average Bonchev–Trinajstić information content (AvgIpc) is 3.15. The summed E-state index contributed by atoms with van der Waals surface area (Å²) >= 11 is 0. The molecule has 0 radical (unpaired) electrons. The van der Waals surface area contributed by atoms with Gasteiger partial charge in [-0.2, -0.15) is 5.10 Å².